The van der Waals surface area contributed by atoms with Crippen LogP contribution in [0, 0.1) is 0 Å². The van der Waals surface area contributed by atoms with Gasteiger partial charge in [0.25, 0.3) is 0 Å². The lowest BCUT2D eigenvalue weighted by atomic mass is 10.0. The average Bonchev–Trinajstić information content (AvgIpc) is 2.13. The lowest BCUT2D eigenvalue weighted by molar-refractivity contribution is -0.136. The molecule has 0 saturated heterocycles. The summed E-state index contributed by atoms with van der Waals surface area (Å²) in [5.41, 5.74) is -0.485. The van der Waals surface area contributed by atoms with Crippen molar-refractivity contribution in [1.82, 2.24) is 15.1 Å². The zero-order valence-corrected chi connectivity index (χ0v) is 12.5. The monoisotopic (exact) mass is 243 g/mol. The smallest absolute Gasteiger partial charge is 0.242 e. The first-order chi connectivity index (χ1) is 7.66. The Balaban J connectivity index is 4.19. The summed E-state index contributed by atoms with van der Waals surface area (Å²) >= 11 is 0. The van der Waals surface area contributed by atoms with Crippen LogP contribution < -0.4 is 5.32 Å². The third kappa shape index (κ3) is 6.64. The Labute approximate surface area is 106 Å². The molecule has 0 radical (unpaired) electrons. The lowest BCUT2D eigenvalue weighted by Crippen LogP contribution is -2.55. The molecule has 0 rings (SSSR count). The highest BCUT2D eigenvalue weighted by Crippen LogP contribution is 2.08. The Bertz CT molecular complexity index is 237. The zero-order chi connectivity index (χ0) is 13.6. The van der Waals surface area contributed by atoms with Gasteiger partial charge in [-0.3, -0.25) is 4.79 Å². The van der Waals surface area contributed by atoms with Gasteiger partial charge in [0.15, 0.2) is 0 Å². The summed E-state index contributed by atoms with van der Waals surface area (Å²) in [4.78, 5) is 16.2. The van der Waals surface area contributed by atoms with Crippen molar-refractivity contribution in [1.29, 1.82) is 0 Å². The number of hydrogen-bond donors (Lipinski definition) is 1. The van der Waals surface area contributed by atoms with E-state index in [1.165, 1.54) is 0 Å². The maximum absolute atomic E-state index is 12.2. The van der Waals surface area contributed by atoms with Gasteiger partial charge in [-0.1, -0.05) is 0 Å². The summed E-state index contributed by atoms with van der Waals surface area (Å²) in [5, 5.41) is 3.30. The minimum absolute atomic E-state index is 0.157. The molecular weight excluding hydrogens is 214 g/mol. The third-order valence-corrected chi connectivity index (χ3v) is 2.63. The number of likely N-dealkylation sites (N-methyl/N-ethyl adjacent to an activating group) is 1. The van der Waals surface area contributed by atoms with E-state index < -0.39 is 5.54 Å². The maximum Gasteiger partial charge on any atom is 0.242 e. The number of hydrogen-bond acceptors (Lipinski definition) is 3. The van der Waals surface area contributed by atoms with E-state index >= 15 is 0 Å². The first-order valence-electron chi connectivity index (χ1n) is 6.35. The van der Waals surface area contributed by atoms with E-state index in [1.54, 1.807) is 0 Å². The highest BCUT2D eigenvalue weighted by atomic mass is 16.2. The molecule has 1 amide bonds. The Morgan fingerprint density at radius 2 is 1.71 bits per heavy atom. The number of amides is 1. The van der Waals surface area contributed by atoms with Crippen molar-refractivity contribution in [2.45, 2.75) is 45.7 Å². The van der Waals surface area contributed by atoms with Crippen molar-refractivity contribution in [3.8, 4) is 0 Å². The summed E-state index contributed by atoms with van der Waals surface area (Å²) in [7, 11) is 5.97. The number of nitrogens with one attached hydrogen (secondary N) is 1. The molecule has 0 aliphatic heterocycles. The molecule has 0 spiro atoms. The Kier molecular flexibility index (Phi) is 6.72. The quantitative estimate of drug-likeness (QED) is 0.729. The summed E-state index contributed by atoms with van der Waals surface area (Å²) in [6.07, 6.45) is 1.01. The van der Waals surface area contributed by atoms with Crippen LogP contribution in [-0.2, 0) is 4.79 Å². The predicted octanol–water partition coefficient (Wildman–Crippen LogP) is 1.17. The summed E-state index contributed by atoms with van der Waals surface area (Å²) in [6.45, 7) is 9.81. The molecule has 0 aromatic carbocycles. The van der Waals surface area contributed by atoms with Gasteiger partial charge in [0.05, 0.1) is 5.54 Å². The van der Waals surface area contributed by atoms with Gasteiger partial charge in [0.2, 0.25) is 5.91 Å². The molecule has 0 bridgehead atoms. The summed E-state index contributed by atoms with van der Waals surface area (Å²) < 4.78 is 0. The minimum atomic E-state index is -0.485. The van der Waals surface area contributed by atoms with E-state index in [4.69, 9.17) is 0 Å². The van der Waals surface area contributed by atoms with Crippen LogP contribution >= 0.6 is 0 Å². The summed E-state index contributed by atoms with van der Waals surface area (Å²) in [6, 6.07) is 0.309. The van der Waals surface area contributed by atoms with Crippen molar-refractivity contribution in [3.63, 3.8) is 0 Å². The molecule has 0 unspecified atom stereocenters. The van der Waals surface area contributed by atoms with E-state index in [2.05, 4.69) is 24.1 Å². The van der Waals surface area contributed by atoms with E-state index in [1.807, 2.05) is 39.9 Å². The molecule has 0 aromatic heterocycles. The zero-order valence-electron chi connectivity index (χ0n) is 12.5. The van der Waals surface area contributed by atoms with Crippen LogP contribution in [0.15, 0.2) is 0 Å². The number of carbonyl (C=O) groups is 1. The van der Waals surface area contributed by atoms with Crippen molar-refractivity contribution >= 4 is 5.91 Å². The second-order valence-corrected chi connectivity index (χ2v) is 5.81. The molecule has 0 aromatic rings. The van der Waals surface area contributed by atoms with Gasteiger partial charge < -0.3 is 15.1 Å². The van der Waals surface area contributed by atoms with Crippen molar-refractivity contribution in [2.24, 2.45) is 0 Å². The van der Waals surface area contributed by atoms with Gasteiger partial charge in [-0.25, -0.2) is 0 Å². The van der Waals surface area contributed by atoms with Crippen LogP contribution in [0.2, 0.25) is 0 Å². The van der Waals surface area contributed by atoms with Crippen molar-refractivity contribution < 1.29 is 4.79 Å². The van der Waals surface area contributed by atoms with Gasteiger partial charge in [0, 0.05) is 19.6 Å². The van der Waals surface area contributed by atoms with Gasteiger partial charge >= 0.3 is 0 Å². The van der Waals surface area contributed by atoms with E-state index in [0.29, 0.717) is 6.04 Å². The molecule has 0 saturated carbocycles. The molecule has 102 valence electrons. The first-order valence-corrected chi connectivity index (χ1v) is 6.35. The standard InChI is InChI=1S/C13H29N3O/c1-11(2)14-13(3,4)12(17)16(7)10-8-9-15(5)6/h11,14H,8-10H2,1-7H3. The van der Waals surface area contributed by atoms with Gasteiger partial charge in [-0.05, 0) is 54.8 Å². The average molecular weight is 243 g/mol. The highest BCUT2D eigenvalue weighted by molar-refractivity contribution is 5.85. The minimum Gasteiger partial charge on any atom is -0.344 e. The fraction of sp³-hybridized carbons (Fsp3) is 0.923. The molecule has 0 aliphatic carbocycles. The fourth-order valence-electron chi connectivity index (χ4n) is 1.99. The number of carbonyl (C=O) groups excluding carboxylic acids is 1. The number of rotatable bonds is 7. The van der Waals surface area contributed by atoms with E-state index in [-0.39, 0.29) is 5.91 Å². The molecule has 0 atom stereocenters. The summed E-state index contributed by atoms with van der Waals surface area (Å²) in [5.74, 6) is 0.157. The predicted molar refractivity (Wildman–Crippen MR) is 73.2 cm³/mol. The SMILES string of the molecule is CC(C)NC(C)(C)C(=O)N(C)CCCN(C)C. The van der Waals surface area contributed by atoms with Crippen molar-refractivity contribution in [2.75, 3.05) is 34.2 Å². The van der Waals surface area contributed by atoms with E-state index in [0.717, 1.165) is 19.5 Å². The van der Waals surface area contributed by atoms with Gasteiger partial charge in [-0.15, -0.1) is 0 Å². The third-order valence-electron chi connectivity index (χ3n) is 2.63. The second kappa shape index (κ2) is 6.97. The normalized spacial score (nSPS) is 12.3. The molecule has 0 fully saturated rings. The van der Waals surface area contributed by atoms with Crippen molar-refractivity contribution in [3.05, 3.63) is 0 Å². The van der Waals surface area contributed by atoms with Crippen LogP contribution in [-0.4, -0.2) is 61.5 Å². The lowest BCUT2D eigenvalue weighted by Gasteiger charge is -2.32. The molecule has 4 nitrogen and oxygen atoms in total. The molecule has 4 heteroatoms. The van der Waals surface area contributed by atoms with Gasteiger partial charge in [0.1, 0.15) is 0 Å². The Morgan fingerprint density at radius 1 is 1.18 bits per heavy atom. The maximum atomic E-state index is 12.2. The van der Waals surface area contributed by atoms with E-state index in [9.17, 15) is 4.79 Å². The molecule has 0 aliphatic rings. The topological polar surface area (TPSA) is 35.6 Å². The Morgan fingerprint density at radius 3 is 2.12 bits per heavy atom. The van der Waals surface area contributed by atoms with Crippen LogP contribution in [0.1, 0.15) is 34.1 Å². The van der Waals surface area contributed by atoms with Crippen LogP contribution in [0.5, 0.6) is 0 Å². The molecular formula is C13H29N3O. The van der Waals surface area contributed by atoms with Crippen LogP contribution in [0.25, 0.3) is 0 Å². The molecule has 0 heterocycles. The largest absolute Gasteiger partial charge is 0.344 e. The van der Waals surface area contributed by atoms with Gasteiger partial charge in [-0.2, -0.15) is 0 Å². The fourth-order valence-corrected chi connectivity index (χ4v) is 1.99. The number of nitrogens with zero attached hydrogens (tertiary/aromatic N) is 2. The second-order valence-electron chi connectivity index (χ2n) is 5.81. The van der Waals surface area contributed by atoms with Crippen LogP contribution in [0.4, 0.5) is 0 Å². The van der Waals surface area contributed by atoms with Crippen LogP contribution in [0.3, 0.4) is 0 Å². The molecule has 17 heavy (non-hydrogen) atoms. The molecule has 1 N–H and O–H groups in total. The highest BCUT2D eigenvalue weighted by Gasteiger charge is 2.30. The first kappa shape index (κ1) is 16.4. The Hall–Kier alpha value is -0.610.